The van der Waals surface area contributed by atoms with Crippen molar-refractivity contribution in [2.45, 2.75) is 40.2 Å². The molecule has 0 spiro atoms. The molecule has 0 radical (unpaired) electrons. The number of hydrogen-bond donors (Lipinski definition) is 2. The highest BCUT2D eigenvalue weighted by atomic mass is 16.1. The number of hydrogen-bond acceptors (Lipinski definition) is 3. The van der Waals surface area contributed by atoms with Crippen molar-refractivity contribution in [2.75, 3.05) is 46.3 Å². The quantitative estimate of drug-likeness (QED) is 0.428. The molecule has 1 fully saturated rings. The number of benzene rings is 1. The summed E-state index contributed by atoms with van der Waals surface area (Å²) in [6, 6.07) is 9.02. The second-order valence-electron chi connectivity index (χ2n) is 8.08. The molecule has 0 bridgehead atoms. The Kier molecular flexibility index (Phi) is 8.77. The zero-order chi connectivity index (χ0) is 20.5. The highest BCUT2D eigenvalue weighted by molar-refractivity contribution is 5.80. The zero-order valence-corrected chi connectivity index (χ0v) is 18.2. The van der Waals surface area contributed by atoms with Gasteiger partial charge in [0.25, 0.3) is 0 Å². The van der Waals surface area contributed by atoms with Crippen molar-refractivity contribution in [3.63, 3.8) is 0 Å². The Morgan fingerprint density at radius 2 is 1.61 bits per heavy atom. The Hall–Kier alpha value is -2.08. The van der Waals surface area contributed by atoms with E-state index >= 15 is 0 Å². The highest BCUT2D eigenvalue weighted by Crippen LogP contribution is 2.16. The molecule has 0 atom stereocenters. The minimum absolute atomic E-state index is 0.0222. The van der Waals surface area contributed by atoms with Crippen molar-refractivity contribution in [3.05, 3.63) is 35.4 Å². The number of carbonyl (C=O) groups is 1. The zero-order valence-electron chi connectivity index (χ0n) is 18.2. The van der Waals surface area contributed by atoms with Gasteiger partial charge in [0.1, 0.15) is 0 Å². The fourth-order valence-electron chi connectivity index (χ4n) is 3.28. The summed E-state index contributed by atoms with van der Waals surface area (Å²) < 4.78 is 0. The van der Waals surface area contributed by atoms with E-state index in [0.717, 1.165) is 38.7 Å². The third-order valence-corrected chi connectivity index (χ3v) is 5.17. The molecular formula is C22H37N5O. The van der Waals surface area contributed by atoms with E-state index in [9.17, 15) is 4.79 Å². The van der Waals surface area contributed by atoms with E-state index in [1.807, 2.05) is 20.9 Å². The average molecular weight is 388 g/mol. The predicted molar refractivity (Wildman–Crippen MR) is 117 cm³/mol. The molecule has 1 aromatic carbocycles. The van der Waals surface area contributed by atoms with Crippen molar-refractivity contribution in [1.82, 2.24) is 20.4 Å². The van der Waals surface area contributed by atoms with Crippen molar-refractivity contribution in [2.24, 2.45) is 10.9 Å². The first-order chi connectivity index (χ1) is 13.4. The van der Waals surface area contributed by atoms with E-state index in [1.165, 1.54) is 11.1 Å². The van der Waals surface area contributed by atoms with Crippen molar-refractivity contribution >= 4 is 11.9 Å². The fraction of sp³-hybridized carbons (Fsp3) is 0.636. The molecule has 6 nitrogen and oxygen atoms in total. The van der Waals surface area contributed by atoms with Crippen LogP contribution in [-0.4, -0.2) is 68.0 Å². The van der Waals surface area contributed by atoms with Crippen LogP contribution in [0.4, 0.5) is 0 Å². The molecule has 0 unspecified atom stereocenters. The Bertz CT molecular complexity index is 631. The van der Waals surface area contributed by atoms with Crippen LogP contribution in [0.25, 0.3) is 0 Å². The minimum Gasteiger partial charge on any atom is -0.354 e. The molecule has 2 N–H and O–H groups in total. The van der Waals surface area contributed by atoms with Crippen LogP contribution in [0.3, 0.4) is 0 Å². The van der Waals surface area contributed by atoms with Crippen molar-refractivity contribution in [3.8, 4) is 0 Å². The van der Waals surface area contributed by atoms with Gasteiger partial charge < -0.3 is 15.5 Å². The maximum atomic E-state index is 11.6. The van der Waals surface area contributed by atoms with Crippen molar-refractivity contribution in [1.29, 1.82) is 0 Å². The standard InChI is InChI=1S/C22H37N5O/c1-17(2)20-8-6-19(7-9-20)16-26-12-14-27(15-13-26)22(23-5)25-11-10-24-21(28)18(3)4/h6-9,17-18H,10-16H2,1-5H3,(H,23,25)(H,24,28). The summed E-state index contributed by atoms with van der Waals surface area (Å²) in [5, 5.41) is 6.28. The molecule has 1 saturated heterocycles. The van der Waals surface area contributed by atoms with Gasteiger partial charge in [-0.15, -0.1) is 0 Å². The van der Waals surface area contributed by atoms with Gasteiger partial charge in [0.15, 0.2) is 5.96 Å². The Balaban J connectivity index is 1.73. The van der Waals surface area contributed by atoms with Crippen LogP contribution in [-0.2, 0) is 11.3 Å². The lowest BCUT2D eigenvalue weighted by molar-refractivity contribution is -0.123. The van der Waals surface area contributed by atoms with E-state index in [0.29, 0.717) is 19.0 Å². The number of rotatable bonds is 7. The molecule has 1 aliphatic rings. The highest BCUT2D eigenvalue weighted by Gasteiger charge is 2.19. The van der Waals surface area contributed by atoms with E-state index in [4.69, 9.17) is 0 Å². The molecule has 156 valence electrons. The number of nitrogens with zero attached hydrogens (tertiary/aromatic N) is 3. The largest absolute Gasteiger partial charge is 0.354 e. The van der Waals surface area contributed by atoms with Crippen LogP contribution < -0.4 is 10.6 Å². The van der Waals surface area contributed by atoms with Crippen LogP contribution in [0.15, 0.2) is 29.3 Å². The van der Waals surface area contributed by atoms with E-state index in [1.54, 1.807) is 0 Å². The maximum absolute atomic E-state index is 11.6. The molecule has 6 heteroatoms. The Morgan fingerprint density at radius 3 is 2.14 bits per heavy atom. The lowest BCUT2D eigenvalue weighted by atomic mass is 10.0. The maximum Gasteiger partial charge on any atom is 0.222 e. The van der Waals surface area contributed by atoms with E-state index in [2.05, 4.69) is 63.5 Å². The monoisotopic (exact) mass is 387 g/mol. The molecule has 1 aromatic rings. The molecule has 1 heterocycles. The Morgan fingerprint density at radius 1 is 1.00 bits per heavy atom. The average Bonchev–Trinajstić information content (AvgIpc) is 2.69. The van der Waals surface area contributed by atoms with Gasteiger partial charge in [0, 0.05) is 58.8 Å². The third kappa shape index (κ3) is 6.82. The summed E-state index contributed by atoms with van der Waals surface area (Å²) in [5.41, 5.74) is 2.77. The summed E-state index contributed by atoms with van der Waals surface area (Å²) in [4.78, 5) is 20.8. The summed E-state index contributed by atoms with van der Waals surface area (Å²) in [6.45, 7) is 14.5. The number of aliphatic imine (C=N–C) groups is 1. The van der Waals surface area contributed by atoms with Gasteiger partial charge in [0.05, 0.1) is 0 Å². The van der Waals surface area contributed by atoms with Gasteiger partial charge in [-0.2, -0.15) is 0 Å². The molecule has 28 heavy (non-hydrogen) atoms. The van der Waals surface area contributed by atoms with Crippen LogP contribution >= 0.6 is 0 Å². The first kappa shape index (κ1) is 22.2. The lowest BCUT2D eigenvalue weighted by Crippen LogP contribution is -2.53. The number of amides is 1. The molecular weight excluding hydrogens is 350 g/mol. The topological polar surface area (TPSA) is 60.0 Å². The molecule has 0 aliphatic carbocycles. The summed E-state index contributed by atoms with van der Waals surface area (Å²) in [7, 11) is 1.82. The summed E-state index contributed by atoms with van der Waals surface area (Å²) in [6.07, 6.45) is 0. The van der Waals surface area contributed by atoms with Gasteiger partial charge in [-0.25, -0.2) is 0 Å². The fourth-order valence-corrected chi connectivity index (χ4v) is 3.28. The smallest absolute Gasteiger partial charge is 0.222 e. The van der Waals surface area contributed by atoms with Crippen LogP contribution in [0.5, 0.6) is 0 Å². The number of carbonyl (C=O) groups excluding carboxylic acids is 1. The first-order valence-corrected chi connectivity index (χ1v) is 10.4. The predicted octanol–water partition coefficient (Wildman–Crippen LogP) is 2.28. The van der Waals surface area contributed by atoms with Crippen LogP contribution in [0.1, 0.15) is 44.7 Å². The first-order valence-electron chi connectivity index (χ1n) is 10.4. The normalized spacial score (nSPS) is 16.0. The summed E-state index contributed by atoms with van der Waals surface area (Å²) in [5.74, 6) is 1.61. The van der Waals surface area contributed by atoms with Gasteiger partial charge in [-0.1, -0.05) is 52.0 Å². The van der Waals surface area contributed by atoms with Gasteiger partial charge in [-0.3, -0.25) is 14.7 Å². The molecule has 1 aliphatic heterocycles. The number of guanidine groups is 1. The van der Waals surface area contributed by atoms with Crippen LogP contribution in [0.2, 0.25) is 0 Å². The molecule has 0 saturated carbocycles. The molecule has 2 rings (SSSR count). The second-order valence-corrected chi connectivity index (χ2v) is 8.08. The van der Waals surface area contributed by atoms with E-state index in [-0.39, 0.29) is 11.8 Å². The SMILES string of the molecule is CN=C(NCCNC(=O)C(C)C)N1CCN(Cc2ccc(C(C)C)cc2)CC1. The number of nitrogens with one attached hydrogen (secondary N) is 2. The van der Waals surface area contributed by atoms with Gasteiger partial charge in [0.2, 0.25) is 5.91 Å². The molecule has 0 aromatic heterocycles. The minimum atomic E-state index is 0.0222. The van der Waals surface area contributed by atoms with Gasteiger partial charge in [-0.05, 0) is 17.0 Å². The third-order valence-electron chi connectivity index (χ3n) is 5.17. The van der Waals surface area contributed by atoms with Crippen LogP contribution in [0, 0.1) is 5.92 Å². The Labute approximate surface area is 170 Å². The van der Waals surface area contributed by atoms with E-state index < -0.39 is 0 Å². The summed E-state index contributed by atoms with van der Waals surface area (Å²) >= 11 is 0. The van der Waals surface area contributed by atoms with Crippen molar-refractivity contribution < 1.29 is 4.79 Å². The second kappa shape index (κ2) is 11.1. The molecule has 1 amide bonds. The lowest BCUT2D eigenvalue weighted by Gasteiger charge is -2.36. The van der Waals surface area contributed by atoms with Gasteiger partial charge >= 0.3 is 0 Å². The number of piperazine rings is 1.